The molecule has 0 rings (SSSR count). The molecule has 0 aromatic carbocycles. The second kappa shape index (κ2) is 23.8. The van der Waals surface area contributed by atoms with Gasteiger partial charge in [0.05, 0.1) is 59.3 Å². The molecule has 0 aromatic rings. The van der Waals surface area contributed by atoms with Crippen LogP contribution < -0.4 is 0 Å². The van der Waals surface area contributed by atoms with E-state index in [1.807, 2.05) is 23.6 Å². The largest absolute Gasteiger partial charge is 0.480 e. The predicted octanol–water partition coefficient (Wildman–Crippen LogP) is -2.30. The third-order valence-electron chi connectivity index (χ3n) is 6.55. The van der Waals surface area contributed by atoms with E-state index >= 15 is 0 Å². The van der Waals surface area contributed by atoms with Crippen LogP contribution in [0.15, 0.2) is 0 Å². The molecule has 236 valence electrons. The number of amides is 2. The summed E-state index contributed by atoms with van der Waals surface area (Å²) in [6.07, 6.45) is 0.375. The van der Waals surface area contributed by atoms with Crippen LogP contribution in [0.2, 0.25) is 0 Å². The van der Waals surface area contributed by atoms with Crippen molar-refractivity contribution in [1.82, 2.24) is 24.5 Å². The standard InChI is InChI=1S/C26H53N5O9/c1-5-29(20-24(35)27(3)10-15-39-17-13-33)8-9-30(22-26(37)38)19-23(7-12-32)31(6-2)21-25(36)28(4)11-16-40-18-14-34/h23,32-34H,5-22H2,1-4H3,(H,37,38). The number of carbonyl (C=O) groups excluding carboxylic acids is 2. The molecular formula is C26H53N5O9. The smallest absolute Gasteiger partial charge is 0.317 e. The van der Waals surface area contributed by atoms with Gasteiger partial charge in [-0.05, 0) is 19.5 Å². The minimum atomic E-state index is -0.980. The highest BCUT2D eigenvalue weighted by Gasteiger charge is 2.25. The molecule has 0 aromatic heterocycles. The van der Waals surface area contributed by atoms with Crippen molar-refractivity contribution in [2.24, 2.45) is 0 Å². The SMILES string of the molecule is CCN(CCN(CC(=O)O)CC(CCO)N(CC)CC(=O)N(C)CCOCCO)CC(=O)N(C)CCOCCO. The second-order valence-corrected chi connectivity index (χ2v) is 9.53. The van der Waals surface area contributed by atoms with E-state index in [0.717, 1.165) is 0 Å². The van der Waals surface area contributed by atoms with Gasteiger partial charge in [-0.2, -0.15) is 0 Å². The maximum Gasteiger partial charge on any atom is 0.317 e. The van der Waals surface area contributed by atoms with E-state index in [2.05, 4.69) is 0 Å². The van der Waals surface area contributed by atoms with Crippen molar-refractivity contribution in [3.63, 3.8) is 0 Å². The van der Waals surface area contributed by atoms with Gasteiger partial charge in [0.2, 0.25) is 11.8 Å². The van der Waals surface area contributed by atoms with Gasteiger partial charge in [-0.15, -0.1) is 0 Å². The fourth-order valence-electron chi connectivity index (χ4n) is 3.99. The van der Waals surface area contributed by atoms with Crippen LogP contribution in [0.4, 0.5) is 0 Å². The Bertz CT molecular complexity index is 689. The van der Waals surface area contributed by atoms with E-state index in [0.29, 0.717) is 65.4 Å². The molecule has 0 fully saturated rings. The summed E-state index contributed by atoms with van der Waals surface area (Å²) in [6.45, 7) is 7.88. The first kappa shape index (κ1) is 38.1. The van der Waals surface area contributed by atoms with Crippen molar-refractivity contribution in [1.29, 1.82) is 0 Å². The lowest BCUT2D eigenvalue weighted by molar-refractivity contribution is -0.139. The van der Waals surface area contributed by atoms with Crippen molar-refractivity contribution in [3.05, 3.63) is 0 Å². The monoisotopic (exact) mass is 579 g/mol. The summed E-state index contributed by atoms with van der Waals surface area (Å²) in [5.41, 5.74) is 0. The maximum atomic E-state index is 12.8. The van der Waals surface area contributed by atoms with Crippen molar-refractivity contribution in [3.8, 4) is 0 Å². The summed E-state index contributed by atoms with van der Waals surface area (Å²) in [5, 5.41) is 36.8. The van der Waals surface area contributed by atoms with Gasteiger partial charge in [-0.25, -0.2) is 0 Å². The molecule has 0 aliphatic heterocycles. The minimum absolute atomic E-state index is 0.0712. The average molecular weight is 580 g/mol. The highest BCUT2D eigenvalue weighted by atomic mass is 16.5. The van der Waals surface area contributed by atoms with Crippen LogP contribution in [0, 0.1) is 0 Å². The summed E-state index contributed by atoms with van der Waals surface area (Å²) in [5.74, 6) is -1.19. The molecule has 0 spiro atoms. The number of hydrogen-bond acceptors (Lipinski definition) is 11. The van der Waals surface area contributed by atoms with E-state index in [1.165, 1.54) is 0 Å². The number of aliphatic carboxylic acids is 1. The molecule has 0 bridgehead atoms. The van der Waals surface area contributed by atoms with E-state index in [9.17, 15) is 24.6 Å². The average Bonchev–Trinajstić information content (AvgIpc) is 2.93. The summed E-state index contributed by atoms with van der Waals surface area (Å²) < 4.78 is 10.5. The maximum absolute atomic E-state index is 12.8. The summed E-state index contributed by atoms with van der Waals surface area (Å²) in [4.78, 5) is 45.9. The van der Waals surface area contributed by atoms with Gasteiger partial charge >= 0.3 is 5.97 Å². The number of carbonyl (C=O) groups is 3. The summed E-state index contributed by atoms with van der Waals surface area (Å²) in [7, 11) is 3.37. The number of nitrogens with zero attached hydrogens (tertiary/aromatic N) is 5. The van der Waals surface area contributed by atoms with Gasteiger partial charge in [0.15, 0.2) is 0 Å². The van der Waals surface area contributed by atoms with Gasteiger partial charge in [0.1, 0.15) is 0 Å². The fourth-order valence-corrected chi connectivity index (χ4v) is 3.99. The fraction of sp³-hybridized carbons (Fsp3) is 0.885. The molecule has 2 amide bonds. The number of carboxylic acids is 1. The molecule has 40 heavy (non-hydrogen) atoms. The van der Waals surface area contributed by atoms with Crippen molar-refractivity contribution in [2.75, 3.05) is 126 Å². The highest BCUT2D eigenvalue weighted by molar-refractivity contribution is 5.78. The molecule has 0 heterocycles. The first-order chi connectivity index (χ1) is 19.1. The molecule has 14 heteroatoms. The zero-order chi connectivity index (χ0) is 30.3. The van der Waals surface area contributed by atoms with Crippen LogP contribution >= 0.6 is 0 Å². The molecule has 0 aliphatic carbocycles. The topological polar surface area (TPSA) is 167 Å². The normalized spacial score (nSPS) is 12.3. The van der Waals surface area contributed by atoms with E-state index in [-0.39, 0.29) is 70.5 Å². The third kappa shape index (κ3) is 17.7. The Hall–Kier alpha value is -1.91. The van der Waals surface area contributed by atoms with Crippen molar-refractivity contribution >= 4 is 17.8 Å². The Morgan fingerprint density at radius 1 is 0.675 bits per heavy atom. The Labute approximate surface area is 239 Å². The number of rotatable bonds is 26. The Balaban J connectivity index is 5.15. The van der Waals surface area contributed by atoms with Gasteiger partial charge in [-0.1, -0.05) is 13.8 Å². The van der Waals surface area contributed by atoms with E-state index < -0.39 is 5.97 Å². The molecule has 14 nitrogen and oxygen atoms in total. The third-order valence-corrected chi connectivity index (χ3v) is 6.55. The van der Waals surface area contributed by atoms with Crippen LogP contribution in [0.5, 0.6) is 0 Å². The molecule has 1 unspecified atom stereocenters. The molecule has 4 N–H and O–H groups in total. The van der Waals surface area contributed by atoms with E-state index in [4.69, 9.17) is 19.7 Å². The Kier molecular flexibility index (Phi) is 22.6. The number of likely N-dealkylation sites (N-methyl/N-ethyl adjacent to an activating group) is 4. The van der Waals surface area contributed by atoms with Gasteiger partial charge < -0.3 is 39.7 Å². The quantitative estimate of drug-likeness (QED) is 0.0811. The lowest BCUT2D eigenvalue weighted by atomic mass is 10.1. The lowest BCUT2D eigenvalue weighted by Crippen LogP contribution is -2.51. The molecule has 0 radical (unpaired) electrons. The van der Waals surface area contributed by atoms with Crippen LogP contribution in [0.25, 0.3) is 0 Å². The summed E-state index contributed by atoms with van der Waals surface area (Å²) >= 11 is 0. The zero-order valence-corrected chi connectivity index (χ0v) is 24.9. The first-order valence-corrected chi connectivity index (χ1v) is 14.0. The van der Waals surface area contributed by atoms with Crippen LogP contribution in [0.1, 0.15) is 20.3 Å². The number of carboxylic acid groups (broad SMARTS) is 1. The van der Waals surface area contributed by atoms with Crippen molar-refractivity contribution < 1.29 is 44.3 Å². The Morgan fingerprint density at radius 3 is 1.65 bits per heavy atom. The molecule has 0 saturated carbocycles. The highest BCUT2D eigenvalue weighted by Crippen LogP contribution is 2.09. The Morgan fingerprint density at radius 2 is 1.20 bits per heavy atom. The van der Waals surface area contributed by atoms with E-state index in [1.54, 1.807) is 28.8 Å². The lowest BCUT2D eigenvalue weighted by Gasteiger charge is -2.35. The number of aliphatic hydroxyl groups excluding tert-OH is 3. The van der Waals surface area contributed by atoms with Gasteiger partial charge in [0.25, 0.3) is 0 Å². The summed E-state index contributed by atoms with van der Waals surface area (Å²) in [6, 6.07) is -0.251. The molecular weight excluding hydrogens is 526 g/mol. The van der Waals surface area contributed by atoms with Crippen molar-refractivity contribution in [2.45, 2.75) is 26.3 Å². The van der Waals surface area contributed by atoms with Crippen LogP contribution in [-0.2, 0) is 23.9 Å². The number of ether oxygens (including phenoxy) is 2. The first-order valence-electron chi connectivity index (χ1n) is 14.0. The van der Waals surface area contributed by atoms with Gasteiger partial charge in [0, 0.05) is 59.5 Å². The van der Waals surface area contributed by atoms with Gasteiger partial charge in [-0.3, -0.25) is 29.1 Å². The molecule has 1 atom stereocenters. The minimum Gasteiger partial charge on any atom is -0.480 e. The van der Waals surface area contributed by atoms with Crippen LogP contribution in [-0.4, -0.2) is 195 Å². The molecule has 0 saturated heterocycles. The van der Waals surface area contributed by atoms with Crippen LogP contribution in [0.3, 0.4) is 0 Å². The second-order valence-electron chi connectivity index (χ2n) is 9.53. The number of aliphatic hydroxyl groups is 3. The number of hydrogen-bond donors (Lipinski definition) is 4. The zero-order valence-electron chi connectivity index (χ0n) is 24.9. The predicted molar refractivity (Wildman–Crippen MR) is 150 cm³/mol. The molecule has 0 aliphatic rings.